The Morgan fingerprint density at radius 3 is 2.68 bits per heavy atom. The molecule has 0 unspecified atom stereocenters. The molecule has 0 aliphatic carbocycles. The number of carbonyl (C=O) groups excluding carboxylic acids is 1. The highest BCUT2D eigenvalue weighted by atomic mass is 19.4. The number of rotatable bonds is 3. The van der Waals surface area contributed by atoms with Crippen LogP contribution in [-0.4, -0.2) is 41.9 Å². The van der Waals surface area contributed by atoms with E-state index in [2.05, 4.69) is 15.2 Å². The van der Waals surface area contributed by atoms with Crippen molar-refractivity contribution in [1.29, 1.82) is 0 Å². The zero-order chi connectivity index (χ0) is 24.0. The minimum Gasteiger partial charge on any atom is -0.329 e. The average Bonchev–Trinajstić information content (AvgIpc) is 3.26. The van der Waals surface area contributed by atoms with E-state index >= 15 is 0 Å². The van der Waals surface area contributed by atoms with Gasteiger partial charge in [-0.05, 0) is 23.8 Å². The average molecular weight is 472 g/mol. The molecule has 1 amide bonds. The molecule has 0 saturated carbocycles. The smallest absolute Gasteiger partial charge is 0.329 e. The molecule has 34 heavy (non-hydrogen) atoms. The number of nitrogens with zero attached hydrogens (tertiary/aromatic N) is 6. The molecule has 0 atom stereocenters. The lowest BCUT2D eigenvalue weighted by atomic mass is 10.1. The normalized spacial score (nSPS) is 13.8. The number of carbonyl (C=O) groups is 1. The number of hydrogen-bond donors (Lipinski definition) is 0. The highest BCUT2D eigenvalue weighted by Gasteiger charge is 2.38. The van der Waals surface area contributed by atoms with Crippen LogP contribution in [0.4, 0.5) is 17.6 Å². The van der Waals surface area contributed by atoms with E-state index in [9.17, 15) is 27.2 Å². The van der Waals surface area contributed by atoms with Gasteiger partial charge in [0.1, 0.15) is 11.6 Å². The van der Waals surface area contributed by atoms with Crippen molar-refractivity contribution in [1.82, 2.24) is 29.4 Å². The van der Waals surface area contributed by atoms with Gasteiger partial charge in [0.15, 0.2) is 0 Å². The summed E-state index contributed by atoms with van der Waals surface area (Å²) in [6, 6.07) is 10.8. The van der Waals surface area contributed by atoms with E-state index in [1.807, 2.05) is 0 Å². The molecule has 4 aromatic rings. The molecular weight excluding hydrogens is 456 g/mol. The van der Waals surface area contributed by atoms with E-state index in [0.717, 1.165) is 10.7 Å². The Hall–Kier alpha value is -4.09. The summed E-state index contributed by atoms with van der Waals surface area (Å²) in [5, 5.41) is 8.73. The first-order chi connectivity index (χ1) is 16.2. The van der Waals surface area contributed by atoms with Gasteiger partial charge < -0.3 is 4.90 Å². The maximum absolute atomic E-state index is 14.5. The van der Waals surface area contributed by atoms with Gasteiger partial charge in [0.2, 0.25) is 0 Å². The zero-order valence-electron chi connectivity index (χ0n) is 17.5. The summed E-state index contributed by atoms with van der Waals surface area (Å²) in [6.45, 7) is -0.186. The summed E-state index contributed by atoms with van der Waals surface area (Å²) < 4.78 is 55.5. The molecule has 3 heterocycles. The lowest BCUT2D eigenvalue weighted by Gasteiger charge is -2.27. The van der Waals surface area contributed by atoms with E-state index in [1.54, 1.807) is 30.5 Å². The molecule has 174 valence electrons. The number of aromatic nitrogens is 5. The minimum atomic E-state index is -4.70. The van der Waals surface area contributed by atoms with E-state index in [4.69, 9.17) is 0 Å². The SMILES string of the molecule is O=C(c1cc(Cn2ncc3ccccc3c2=O)ccc1F)N1CCn2nc(C(F)(F)F)nc2C1. The van der Waals surface area contributed by atoms with Gasteiger partial charge in [-0.25, -0.2) is 18.7 Å². The summed E-state index contributed by atoms with van der Waals surface area (Å²) in [6.07, 6.45) is -3.15. The van der Waals surface area contributed by atoms with Gasteiger partial charge in [0, 0.05) is 11.9 Å². The van der Waals surface area contributed by atoms with Crippen molar-refractivity contribution in [2.45, 2.75) is 25.8 Å². The number of alkyl halides is 3. The third kappa shape index (κ3) is 3.91. The summed E-state index contributed by atoms with van der Waals surface area (Å²) in [5.41, 5.74) is -0.115. The van der Waals surface area contributed by atoms with Crippen molar-refractivity contribution in [3.8, 4) is 0 Å². The van der Waals surface area contributed by atoms with Gasteiger partial charge in [-0.15, -0.1) is 5.10 Å². The molecular formula is C22H16F4N6O2. The molecule has 1 aliphatic heterocycles. The standard InChI is InChI=1S/C22H16F4N6O2/c23-17-6-5-13(11-32-20(34)15-4-2-1-3-14(15)10-27-32)9-16(17)19(33)30-7-8-31-18(12-30)28-21(29-31)22(24,25)26/h1-6,9-10H,7-8,11-12H2. The van der Waals surface area contributed by atoms with Crippen molar-refractivity contribution in [3.63, 3.8) is 0 Å². The molecule has 0 N–H and O–H groups in total. The Balaban J connectivity index is 1.40. The fraction of sp³-hybridized carbons (Fsp3) is 0.227. The second-order valence-corrected chi connectivity index (χ2v) is 7.81. The number of benzene rings is 2. The molecule has 0 bridgehead atoms. The second-order valence-electron chi connectivity index (χ2n) is 7.81. The highest BCUT2D eigenvalue weighted by molar-refractivity contribution is 5.94. The van der Waals surface area contributed by atoms with Crippen molar-refractivity contribution >= 4 is 16.7 Å². The highest BCUT2D eigenvalue weighted by Crippen LogP contribution is 2.27. The van der Waals surface area contributed by atoms with Gasteiger partial charge in [-0.2, -0.15) is 18.3 Å². The van der Waals surface area contributed by atoms with Gasteiger partial charge in [-0.1, -0.05) is 24.3 Å². The van der Waals surface area contributed by atoms with Crippen LogP contribution in [0.5, 0.6) is 0 Å². The van der Waals surface area contributed by atoms with Crippen LogP contribution < -0.4 is 5.56 Å². The van der Waals surface area contributed by atoms with Crippen LogP contribution in [0.1, 0.15) is 27.6 Å². The third-order valence-electron chi connectivity index (χ3n) is 5.56. The lowest BCUT2D eigenvalue weighted by molar-refractivity contribution is -0.145. The maximum Gasteiger partial charge on any atom is 0.453 e. The molecule has 8 nitrogen and oxygen atoms in total. The van der Waals surface area contributed by atoms with Gasteiger partial charge in [0.25, 0.3) is 17.3 Å². The van der Waals surface area contributed by atoms with Gasteiger partial charge in [0.05, 0.1) is 36.8 Å². The third-order valence-corrected chi connectivity index (χ3v) is 5.56. The monoisotopic (exact) mass is 472 g/mol. The lowest BCUT2D eigenvalue weighted by Crippen LogP contribution is -2.39. The van der Waals surface area contributed by atoms with Crippen LogP contribution in [0, 0.1) is 5.82 Å². The molecule has 2 aromatic heterocycles. The van der Waals surface area contributed by atoms with Crippen LogP contribution in [0.3, 0.4) is 0 Å². The van der Waals surface area contributed by atoms with Crippen LogP contribution >= 0.6 is 0 Å². The Morgan fingerprint density at radius 1 is 1.09 bits per heavy atom. The Morgan fingerprint density at radius 2 is 1.88 bits per heavy atom. The minimum absolute atomic E-state index is 0.00185. The maximum atomic E-state index is 14.5. The number of halogens is 4. The molecule has 1 aliphatic rings. The van der Waals surface area contributed by atoms with Crippen molar-refractivity contribution in [2.24, 2.45) is 0 Å². The topological polar surface area (TPSA) is 85.9 Å². The number of hydrogen-bond acceptors (Lipinski definition) is 5. The molecule has 0 radical (unpaired) electrons. The van der Waals surface area contributed by atoms with E-state index in [0.29, 0.717) is 16.3 Å². The Labute approximate surface area is 189 Å². The first kappa shape index (κ1) is 21.7. The molecule has 0 spiro atoms. The van der Waals surface area contributed by atoms with Crippen molar-refractivity contribution < 1.29 is 22.4 Å². The first-order valence-corrected chi connectivity index (χ1v) is 10.2. The molecule has 0 saturated heterocycles. The summed E-state index contributed by atoms with van der Waals surface area (Å²) >= 11 is 0. The zero-order valence-corrected chi connectivity index (χ0v) is 17.5. The second kappa shape index (κ2) is 8.04. The fourth-order valence-corrected chi connectivity index (χ4v) is 3.85. The van der Waals surface area contributed by atoms with Crippen molar-refractivity contribution in [3.05, 3.63) is 87.6 Å². The first-order valence-electron chi connectivity index (χ1n) is 10.2. The van der Waals surface area contributed by atoms with Crippen LogP contribution in [0.15, 0.2) is 53.5 Å². The molecule has 0 fully saturated rings. The fourth-order valence-electron chi connectivity index (χ4n) is 3.85. The summed E-state index contributed by atoms with van der Waals surface area (Å²) in [5.74, 6) is -2.79. The summed E-state index contributed by atoms with van der Waals surface area (Å²) in [7, 11) is 0. The predicted octanol–water partition coefficient (Wildman–Crippen LogP) is 2.85. The molecule has 5 rings (SSSR count). The van der Waals surface area contributed by atoms with Gasteiger partial charge in [-0.3, -0.25) is 9.59 Å². The van der Waals surface area contributed by atoms with Crippen LogP contribution in [0.25, 0.3) is 10.8 Å². The number of amides is 1. The largest absolute Gasteiger partial charge is 0.453 e. The van der Waals surface area contributed by atoms with E-state index < -0.39 is 23.7 Å². The quantitative estimate of drug-likeness (QED) is 0.428. The van der Waals surface area contributed by atoms with E-state index in [-0.39, 0.29) is 43.1 Å². The number of fused-ring (bicyclic) bond motifs is 2. The van der Waals surface area contributed by atoms with Crippen LogP contribution in [0.2, 0.25) is 0 Å². The van der Waals surface area contributed by atoms with Crippen LogP contribution in [-0.2, 0) is 25.8 Å². The predicted molar refractivity (Wildman–Crippen MR) is 111 cm³/mol. The Kier molecular flexibility index (Phi) is 5.14. The summed E-state index contributed by atoms with van der Waals surface area (Å²) in [4.78, 5) is 30.4. The van der Waals surface area contributed by atoms with E-state index in [1.165, 1.54) is 21.7 Å². The Bertz CT molecular complexity index is 1480. The molecule has 12 heteroatoms. The van der Waals surface area contributed by atoms with Gasteiger partial charge >= 0.3 is 6.18 Å². The van der Waals surface area contributed by atoms with Crippen molar-refractivity contribution in [2.75, 3.05) is 6.54 Å². The molecule has 2 aromatic carbocycles.